The van der Waals surface area contributed by atoms with Gasteiger partial charge in [0.25, 0.3) is 0 Å². The summed E-state index contributed by atoms with van der Waals surface area (Å²) in [4.78, 5) is 20.5. The summed E-state index contributed by atoms with van der Waals surface area (Å²) < 4.78 is 0. The highest BCUT2D eigenvalue weighted by molar-refractivity contribution is 8.00. The van der Waals surface area contributed by atoms with Crippen molar-refractivity contribution in [2.75, 3.05) is 11.1 Å². The van der Waals surface area contributed by atoms with Gasteiger partial charge in [-0.15, -0.1) is 0 Å². The maximum atomic E-state index is 12.1. The van der Waals surface area contributed by atoms with Crippen LogP contribution in [-0.2, 0) is 4.79 Å². The van der Waals surface area contributed by atoms with Crippen molar-refractivity contribution in [3.05, 3.63) is 41.0 Å². The van der Waals surface area contributed by atoms with E-state index in [4.69, 9.17) is 17.3 Å². The molecule has 1 aromatic carbocycles. The molecule has 110 valence electrons. The SMILES string of the molecule is Cc1cc(N)nc(SC(C)C(=O)Nc2cccc(Cl)c2)n1. The standard InChI is InChI=1S/C14H15ClN4OS/c1-8-6-12(16)19-14(17-8)21-9(2)13(20)18-11-5-3-4-10(15)7-11/h3-7,9H,1-2H3,(H,18,20)(H2,16,17,19). The Labute approximate surface area is 132 Å². The maximum absolute atomic E-state index is 12.1. The van der Waals surface area contributed by atoms with Gasteiger partial charge in [-0.05, 0) is 32.0 Å². The number of hydrogen-bond donors (Lipinski definition) is 2. The highest BCUT2D eigenvalue weighted by atomic mass is 35.5. The number of amides is 1. The third-order valence-electron chi connectivity index (χ3n) is 2.60. The first-order chi connectivity index (χ1) is 9.94. The molecule has 5 nitrogen and oxygen atoms in total. The van der Waals surface area contributed by atoms with Crippen LogP contribution in [0.15, 0.2) is 35.5 Å². The number of benzene rings is 1. The lowest BCUT2D eigenvalue weighted by Gasteiger charge is -2.11. The lowest BCUT2D eigenvalue weighted by atomic mass is 10.3. The maximum Gasteiger partial charge on any atom is 0.237 e. The second kappa shape index (κ2) is 6.78. The number of nitrogens with one attached hydrogen (secondary N) is 1. The number of carbonyl (C=O) groups is 1. The van der Waals surface area contributed by atoms with Crippen LogP contribution in [0.1, 0.15) is 12.6 Å². The van der Waals surface area contributed by atoms with Crippen LogP contribution in [0.3, 0.4) is 0 Å². The van der Waals surface area contributed by atoms with E-state index < -0.39 is 0 Å². The minimum absolute atomic E-state index is 0.147. The summed E-state index contributed by atoms with van der Waals surface area (Å²) in [7, 11) is 0. The molecule has 0 aliphatic rings. The molecular weight excluding hydrogens is 308 g/mol. The third kappa shape index (κ3) is 4.61. The Hall–Kier alpha value is -1.79. The average molecular weight is 323 g/mol. The summed E-state index contributed by atoms with van der Waals surface area (Å²) in [5, 5.41) is 3.50. The molecule has 1 aromatic heterocycles. The quantitative estimate of drug-likeness (QED) is 0.667. The Kier molecular flexibility index (Phi) is 5.03. The number of thioether (sulfide) groups is 1. The smallest absolute Gasteiger partial charge is 0.237 e. The number of nitrogens with two attached hydrogens (primary N) is 1. The van der Waals surface area contributed by atoms with Gasteiger partial charge in [-0.1, -0.05) is 29.4 Å². The highest BCUT2D eigenvalue weighted by Crippen LogP contribution is 2.22. The largest absolute Gasteiger partial charge is 0.384 e. The van der Waals surface area contributed by atoms with Gasteiger partial charge in [0.2, 0.25) is 5.91 Å². The summed E-state index contributed by atoms with van der Waals surface area (Å²) >= 11 is 7.14. The molecule has 0 spiro atoms. The van der Waals surface area contributed by atoms with E-state index in [9.17, 15) is 4.79 Å². The number of aromatic nitrogens is 2. The van der Waals surface area contributed by atoms with Crippen molar-refractivity contribution in [2.45, 2.75) is 24.3 Å². The van der Waals surface area contributed by atoms with Gasteiger partial charge in [-0.25, -0.2) is 9.97 Å². The number of nitrogens with zero attached hydrogens (tertiary/aromatic N) is 2. The van der Waals surface area contributed by atoms with Crippen molar-refractivity contribution >= 4 is 40.8 Å². The first-order valence-electron chi connectivity index (χ1n) is 6.28. The average Bonchev–Trinajstić information content (AvgIpc) is 2.37. The van der Waals surface area contributed by atoms with Gasteiger partial charge in [-0.2, -0.15) is 0 Å². The molecular formula is C14H15ClN4OS. The van der Waals surface area contributed by atoms with E-state index in [1.807, 2.05) is 6.92 Å². The van der Waals surface area contributed by atoms with E-state index in [0.29, 0.717) is 21.7 Å². The molecule has 21 heavy (non-hydrogen) atoms. The molecule has 0 aliphatic heterocycles. The molecule has 0 radical (unpaired) electrons. The number of hydrogen-bond acceptors (Lipinski definition) is 5. The predicted molar refractivity (Wildman–Crippen MR) is 86.6 cm³/mol. The van der Waals surface area contributed by atoms with Crippen LogP contribution in [0.2, 0.25) is 5.02 Å². The number of halogens is 1. The summed E-state index contributed by atoms with van der Waals surface area (Å²) in [5.74, 6) is 0.249. The zero-order chi connectivity index (χ0) is 15.4. The van der Waals surface area contributed by atoms with Crippen molar-refractivity contribution in [3.8, 4) is 0 Å². The second-order valence-corrected chi connectivity index (χ2v) is 6.22. The minimum atomic E-state index is -0.356. The molecule has 1 amide bonds. The van der Waals surface area contributed by atoms with E-state index in [1.54, 1.807) is 37.3 Å². The van der Waals surface area contributed by atoms with Crippen molar-refractivity contribution in [1.82, 2.24) is 9.97 Å². The molecule has 3 N–H and O–H groups in total. The highest BCUT2D eigenvalue weighted by Gasteiger charge is 2.16. The normalized spacial score (nSPS) is 12.0. The van der Waals surface area contributed by atoms with Crippen molar-refractivity contribution in [2.24, 2.45) is 0 Å². The van der Waals surface area contributed by atoms with Crippen LogP contribution in [0.5, 0.6) is 0 Å². The monoisotopic (exact) mass is 322 g/mol. The Morgan fingerprint density at radius 2 is 2.14 bits per heavy atom. The fraction of sp³-hybridized carbons (Fsp3) is 0.214. The molecule has 0 aliphatic carbocycles. The summed E-state index contributed by atoms with van der Waals surface area (Å²) in [6, 6.07) is 8.68. The molecule has 0 saturated carbocycles. The van der Waals surface area contributed by atoms with Gasteiger partial charge in [0, 0.05) is 22.5 Å². The molecule has 2 aromatic rings. The van der Waals surface area contributed by atoms with Crippen LogP contribution in [0.25, 0.3) is 0 Å². The first-order valence-corrected chi connectivity index (χ1v) is 7.54. The Bertz CT molecular complexity index is 645. The number of carbonyl (C=O) groups excluding carboxylic acids is 1. The zero-order valence-corrected chi connectivity index (χ0v) is 13.2. The van der Waals surface area contributed by atoms with Gasteiger partial charge in [-0.3, -0.25) is 4.79 Å². The number of rotatable bonds is 4. The number of anilines is 2. The summed E-state index contributed by atoms with van der Waals surface area (Å²) in [6.45, 7) is 3.62. The predicted octanol–water partition coefficient (Wildman–Crippen LogP) is 3.14. The van der Waals surface area contributed by atoms with Gasteiger partial charge < -0.3 is 11.1 Å². The topological polar surface area (TPSA) is 80.9 Å². The number of aryl methyl sites for hydroxylation is 1. The van der Waals surface area contributed by atoms with Crippen LogP contribution >= 0.6 is 23.4 Å². The molecule has 0 saturated heterocycles. The van der Waals surface area contributed by atoms with Crippen LogP contribution in [0.4, 0.5) is 11.5 Å². The summed E-state index contributed by atoms with van der Waals surface area (Å²) in [5.41, 5.74) is 7.10. The molecule has 1 unspecified atom stereocenters. The fourth-order valence-electron chi connectivity index (χ4n) is 1.64. The van der Waals surface area contributed by atoms with Crippen LogP contribution in [-0.4, -0.2) is 21.1 Å². The molecule has 7 heteroatoms. The van der Waals surface area contributed by atoms with Crippen LogP contribution in [0, 0.1) is 6.92 Å². The van der Waals surface area contributed by atoms with Crippen molar-refractivity contribution in [3.63, 3.8) is 0 Å². The zero-order valence-electron chi connectivity index (χ0n) is 11.6. The van der Waals surface area contributed by atoms with E-state index in [2.05, 4.69) is 15.3 Å². The fourth-order valence-corrected chi connectivity index (χ4v) is 2.67. The summed E-state index contributed by atoms with van der Waals surface area (Å²) in [6.07, 6.45) is 0. The van der Waals surface area contributed by atoms with Gasteiger partial charge >= 0.3 is 0 Å². The first kappa shape index (κ1) is 15.6. The van der Waals surface area contributed by atoms with Crippen LogP contribution < -0.4 is 11.1 Å². The van der Waals surface area contributed by atoms with Gasteiger partial charge in [0.05, 0.1) is 5.25 Å². The van der Waals surface area contributed by atoms with Gasteiger partial charge in [0.15, 0.2) is 5.16 Å². The van der Waals surface area contributed by atoms with Crippen molar-refractivity contribution < 1.29 is 4.79 Å². The lowest BCUT2D eigenvalue weighted by Crippen LogP contribution is -2.22. The lowest BCUT2D eigenvalue weighted by molar-refractivity contribution is -0.115. The Morgan fingerprint density at radius 3 is 2.81 bits per heavy atom. The van der Waals surface area contributed by atoms with Gasteiger partial charge in [0.1, 0.15) is 5.82 Å². The molecule has 0 bridgehead atoms. The van der Waals surface area contributed by atoms with E-state index in [-0.39, 0.29) is 11.2 Å². The molecule has 0 fully saturated rings. The minimum Gasteiger partial charge on any atom is -0.384 e. The molecule has 1 heterocycles. The van der Waals surface area contributed by atoms with E-state index in [0.717, 1.165) is 5.69 Å². The van der Waals surface area contributed by atoms with E-state index in [1.165, 1.54) is 11.8 Å². The Morgan fingerprint density at radius 1 is 1.38 bits per heavy atom. The molecule has 2 rings (SSSR count). The van der Waals surface area contributed by atoms with E-state index >= 15 is 0 Å². The molecule has 1 atom stereocenters. The van der Waals surface area contributed by atoms with Crippen molar-refractivity contribution in [1.29, 1.82) is 0 Å². The Balaban J connectivity index is 2.02. The number of nitrogen functional groups attached to an aromatic ring is 1. The second-order valence-electron chi connectivity index (χ2n) is 4.48. The third-order valence-corrected chi connectivity index (χ3v) is 3.79.